The fourth-order valence-corrected chi connectivity index (χ4v) is 3.26. The molecule has 24 heavy (non-hydrogen) atoms. The lowest BCUT2D eigenvalue weighted by atomic mass is 10.2. The van der Waals surface area contributed by atoms with Crippen molar-refractivity contribution in [2.24, 2.45) is 7.05 Å². The second kappa shape index (κ2) is 7.25. The van der Waals surface area contributed by atoms with Crippen molar-refractivity contribution in [3.63, 3.8) is 0 Å². The first-order chi connectivity index (χ1) is 11.6. The predicted octanol–water partition coefficient (Wildman–Crippen LogP) is 2.50. The Morgan fingerprint density at radius 1 is 1.38 bits per heavy atom. The van der Waals surface area contributed by atoms with Crippen LogP contribution in [0.25, 0.3) is 0 Å². The van der Waals surface area contributed by atoms with Gasteiger partial charge in [-0.2, -0.15) is 0 Å². The van der Waals surface area contributed by atoms with Gasteiger partial charge in [0.25, 0.3) is 0 Å². The van der Waals surface area contributed by atoms with Crippen molar-refractivity contribution in [2.45, 2.75) is 42.6 Å². The fourth-order valence-electron chi connectivity index (χ4n) is 2.41. The van der Waals surface area contributed by atoms with Crippen LogP contribution in [-0.2, 0) is 18.4 Å². The predicted molar refractivity (Wildman–Crippen MR) is 93.1 cm³/mol. The summed E-state index contributed by atoms with van der Waals surface area (Å²) >= 11 is 1.44. The van der Waals surface area contributed by atoms with E-state index >= 15 is 0 Å². The van der Waals surface area contributed by atoms with E-state index in [1.807, 2.05) is 42.8 Å². The van der Waals surface area contributed by atoms with Crippen LogP contribution in [0.1, 0.15) is 37.1 Å². The summed E-state index contributed by atoms with van der Waals surface area (Å²) in [6.45, 7) is 2.39. The summed E-state index contributed by atoms with van der Waals surface area (Å²) in [6.07, 6.45) is 2.38. The molecule has 3 rings (SSSR count). The van der Waals surface area contributed by atoms with Crippen LogP contribution in [0, 0.1) is 0 Å². The van der Waals surface area contributed by atoms with Crippen LogP contribution >= 0.6 is 11.8 Å². The number of carbonyl (C=O) groups excluding carboxylic acids is 1. The molecule has 1 amide bonds. The molecule has 128 valence electrons. The molecule has 0 bridgehead atoms. The number of methoxy groups -OCH3 is 1. The highest BCUT2D eigenvalue weighted by molar-refractivity contribution is 8.00. The smallest absolute Gasteiger partial charge is 0.233 e. The molecule has 1 atom stereocenters. The van der Waals surface area contributed by atoms with Crippen molar-refractivity contribution in [3.05, 3.63) is 35.7 Å². The van der Waals surface area contributed by atoms with Crippen molar-refractivity contribution in [3.8, 4) is 5.75 Å². The second-order valence-electron chi connectivity index (χ2n) is 6.00. The minimum Gasteiger partial charge on any atom is -0.497 e. The largest absolute Gasteiger partial charge is 0.497 e. The molecule has 1 saturated carbocycles. The van der Waals surface area contributed by atoms with E-state index < -0.39 is 0 Å². The number of hydrogen-bond acceptors (Lipinski definition) is 5. The molecule has 1 aliphatic carbocycles. The van der Waals surface area contributed by atoms with E-state index in [1.165, 1.54) is 24.6 Å². The van der Waals surface area contributed by atoms with E-state index in [4.69, 9.17) is 4.74 Å². The number of nitrogens with one attached hydrogen (secondary N) is 1. The molecule has 6 nitrogen and oxygen atoms in total. The lowest BCUT2D eigenvalue weighted by molar-refractivity contribution is -0.120. The van der Waals surface area contributed by atoms with E-state index in [-0.39, 0.29) is 11.2 Å². The van der Waals surface area contributed by atoms with Gasteiger partial charge in [0.15, 0.2) is 5.16 Å². The number of nitrogens with zero attached hydrogens (tertiary/aromatic N) is 3. The van der Waals surface area contributed by atoms with E-state index in [2.05, 4.69) is 15.5 Å². The van der Waals surface area contributed by atoms with E-state index in [1.54, 1.807) is 7.11 Å². The van der Waals surface area contributed by atoms with E-state index in [9.17, 15) is 4.79 Å². The quantitative estimate of drug-likeness (QED) is 0.780. The summed E-state index contributed by atoms with van der Waals surface area (Å²) in [6, 6.07) is 7.67. The lowest BCUT2D eigenvalue weighted by Crippen LogP contribution is -2.30. The summed E-state index contributed by atoms with van der Waals surface area (Å²) in [5.41, 5.74) is 1.04. The van der Waals surface area contributed by atoms with Crippen LogP contribution in [-0.4, -0.2) is 33.0 Å². The molecule has 0 radical (unpaired) electrons. The number of thioether (sulfide) groups is 1. The number of amides is 1. The van der Waals surface area contributed by atoms with Gasteiger partial charge in [-0.25, -0.2) is 0 Å². The van der Waals surface area contributed by atoms with Crippen molar-refractivity contribution < 1.29 is 9.53 Å². The SMILES string of the molecule is COc1ccc(CNC(=O)[C@H](C)Sc2nnc(C3CC3)n2C)cc1. The Balaban J connectivity index is 1.52. The Hall–Kier alpha value is -2.02. The van der Waals surface area contributed by atoms with Crippen molar-refractivity contribution in [1.82, 2.24) is 20.1 Å². The third kappa shape index (κ3) is 3.90. The summed E-state index contributed by atoms with van der Waals surface area (Å²) in [5, 5.41) is 12.0. The average molecular weight is 346 g/mol. The van der Waals surface area contributed by atoms with Crippen LogP contribution in [0.2, 0.25) is 0 Å². The molecule has 1 aliphatic rings. The van der Waals surface area contributed by atoms with E-state index in [0.717, 1.165) is 22.3 Å². The number of hydrogen-bond donors (Lipinski definition) is 1. The van der Waals surface area contributed by atoms with Gasteiger partial charge in [-0.3, -0.25) is 4.79 Å². The Labute approximate surface area is 146 Å². The Morgan fingerprint density at radius 2 is 2.08 bits per heavy atom. The van der Waals surface area contributed by atoms with Crippen LogP contribution in [0.3, 0.4) is 0 Å². The third-order valence-electron chi connectivity index (χ3n) is 4.09. The zero-order valence-electron chi connectivity index (χ0n) is 14.2. The Bertz CT molecular complexity index is 710. The summed E-state index contributed by atoms with van der Waals surface area (Å²) in [5.74, 6) is 2.38. The molecule has 1 aromatic heterocycles. The molecule has 1 aromatic carbocycles. The second-order valence-corrected chi connectivity index (χ2v) is 7.31. The normalized spacial score (nSPS) is 15.1. The molecule has 1 N–H and O–H groups in total. The van der Waals surface area contributed by atoms with Gasteiger partial charge >= 0.3 is 0 Å². The number of rotatable bonds is 7. The standard InChI is InChI=1S/C17H22N4O2S/c1-11(24-17-20-19-15(21(17)2)13-6-7-13)16(22)18-10-12-4-8-14(23-3)9-5-12/h4-5,8-9,11,13H,6-7,10H2,1-3H3,(H,18,22)/t11-/m0/s1. The molecule has 0 saturated heterocycles. The molecular weight excluding hydrogens is 324 g/mol. The number of carbonyl (C=O) groups is 1. The molecule has 2 aromatic rings. The molecule has 0 spiro atoms. The van der Waals surface area contributed by atoms with Gasteiger partial charge in [-0.05, 0) is 37.5 Å². The zero-order chi connectivity index (χ0) is 17.1. The summed E-state index contributed by atoms with van der Waals surface area (Å²) in [4.78, 5) is 12.3. The molecule has 1 fully saturated rings. The highest BCUT2D eigenvalue weighted by Gasteiger charge is 2.30. The first kappa shape index (κ1) is 16.8. The third-order valence-corrected chi connectivity index (χ3v) is 5.22. The van der Waals surface area contributed by atoms with Crippen LogP contribution in [0.5, 0.6) is 5.75 Å². The number of benzene rings is 1. The fraction of sp³-hybridized carbons (Fsp3) is 0.471. The van der Waals surface area contributed by atoms with Crippen molar-refractivity contribution in [1.29, 1.82) is 0 Å². The maximum Gasteiger partial charge on any atom is 0.233 e. The Kier molecular flexibility index (Phi) is 5.08. The monoisotopic (exact) mass is 346 g/mol. The minimum absolute atomic E-state index is 0.00760. The highest BCUT2D eigenvalue weighted by atomic mass is 32.2. The van der Waals surface area contributed by atoms with Crippen LogP contribution in [0.15, 0.2) is 29.4 Å². The van der Waals surface area contributed by atoms with E-state index in [0.29, 0.717) is 12.5 Å². The molecule has 1 heterocycles. The maximum absolute atomic E-state index is 12.3. The van der Waals surface area contributed by atoms with Gasteiger partial charge in [0.2, 0.25) is 5.91 Å². The van der Waals surface area contributed by atoms with Gasteiger partial charge in [0.05, 0.1) is 12.4 Å². The van der Waals surface area contributed by atoms with Crippen molar-refractivity contribution in [2.75, 3.05) is 7.11 Å². The molecular formula is C17H22N4O2S. The minimum atomic E-state index is -0.224. The van der Waals surface area contributed by atoms with Crippen LogP contribution in [0.4, 0.5) is 0 Å². The summed E-state index contributed by atoms with van der Waals surface area (Å²) in [7, 11) is 3.61. The first-order valence-corrected chi connectivity index (χ1v) is 8.93. The maximum atomic E-state index is 12.3. The zero-order valence-corrected chi connectivity index (χ0v) is 15.0. The van der Waals surface area contributed by atoms with Gasteiger partial charge in [-0.1, -0.05) is 23.9 Å². The van der Waals surface area contributed by atoms with Crippen LogP contribution < -0.4 is 10.1 Å². The molecule has 0 aliphatic heterocycles. The van der Waals surface area contributed by atoms with Gasteiger partial charge < -0.3 is 14.6 Å². The average Bonchev–Trinajstić information content (AvgIpc) is 3.38. The van der Waals surface area contributed by atoms with Crippen molar-refractivity contribution >= 4 is 17.7 Å². The lowest BCUT2D eigenvalue weighted by Gasteiger charge is -2.12. The first-order valence-electron chi connectivity index (χ1n) is 8.05. The molecule has 7 heteroatoms. The summed E-state index contributed by atoms with van der Waals surface area (Å²) < 4.78 is 7.14. The van der Waals surface area contributed by atoms with Gasteiger partial charge in [-0.15, -0.1) is 10.2 Å². The van der Waals surface area contributed by atoms with Gasteiger partial charge in [0.1, 0.15) is 11.6 Å². The van der Waals surface area contributed by atoms with Gasteiger partial charge in [0, 0.05) is 19.5 Å². The number of aromatic nitrogens is 3. The Morgan fingerprint density at radius 3 is 2.71 bits per heavy atom. The molecule has 0 unspecified atom stereocenters. The number of ether oxygens (including phenoxy) is 1. The highest BCUT2D eigenvalue weighted by Crippen LogP contribution is 2.39. The topological polar surface area (TPSA) is 69.0 Å².